The van der Waals surface area contributed by atoms with Crippen LogP contribution in [0.25, 0.3) is 20.7 Å². The van der Waals surface area contributed by atoms with Gasteiger partial charge in [-0.1, -0.05) is 42.5 Å². The molecule has 0 saturated carbocycles. The lowest BCUT2D eigenvalue weighted by Gasteiger charge is -2.08. The van der Waals surface area contributed by atoms with Gasteiger partial charge in [0.2, 0.25) is 0 Å². The van der Waals surface area contributed by atoms with E-state index in [9.17, 15) is 9.59 Å². The number of rotatable bonds is 6. The van der Waals surface area contributed by atoms with E-state index in [4.69, 9.17) is 4.74 Å². The Morgan fingerprint density at radius 2 is 1.71 bits per heavy atom. The minimum Gasteiger partial charge on any atom is -0.497 e. The van der Waals surface area contributed by atoms with Crippen LogP contribution in [0.1, 0.15) is 21.5 Å². The maximum atomic E-state index is 13.3. The molecule has 0 atom stereocenters. The third-order valence-electron chi connectivity index (χ3n) is 5.87. The Kier molecular flexibility index (Phi) is 6.16. The average molecular weight is 482 g/mol. The number of nitrogens with one attached hydrogen (secondary N) is 1. The molecule has 0 spiro atoms. The first kappa shape index (κ1) is 22.6. The summed E-state index contributed by atoms with van der Waals surface area (Å²) in [6.07, 6.45) is 1.60. The van der Waals surface area contributed by atoms with E-state index < -0.39 is 0 Å². The summed E-state index contributed by atoms with van der Waals surface area (Å²) in [6, 6.07) is 24.4. The smallest absolute Gasteiger partial charge is 0.262 e. The third kappa shape index (κ3) is 4.58. The monoisotopic (exact) mass is 481 g/mol. The molecule has 7 heteroatoms. The van der Waals surface area contributed by atoms with Gasteiger partial charge in [0.05, 0.1) is 25.4 Å². The molecule has 3 aromatic carbocycles. The summed E-state index contributed by atoms with van der Waals surface area (Å²) in [5, 5.41) is 3.53. The zero-order chi connectivity index (χ0) is 24.4. The zero-order valence-corrected chi connectivity index (χ0v) is 20.1. The average Bonchev–Trinajstić information content (AvgIpc) is 3.24. The topological polar surface area (TPSA) is 73.2 Å². The van der Waals surface area contributed by atoms with Crippen LogP contribution in [0.4, 0.5) is 5.69 Å². The second-order valence-electron chi connectivity index (χ2n) is 8.16. The van der Waals surface area contributed by atoms with E-state index in [1.165, 1.54) is 11.3 Å². The van der Waals surface area contributed by atoms with Gasteiger partial charge >= 0.3 is 0 Å². The molecule has 0 aliphatic rings. The highest BCUT2D eigenvalue weighted by Gasteiger charge is 2.16. The molecule has 6 nitrogen and oxygen atoms in total. The second-order valence-corrected chi connectivity index (χ2v) is 9.16. The Labute approximate surface area is 206 Å². The van der Waals surface area contributed by atoms with E-state index in [0.29, 0.717) is 23.2 Å². The number of carbonyl (C=O) groups excluding carboxylic acids is 1. The zero-order valence-electron chi connectivity index (χ0n) is 19.3. The Morgan fingerprint density at radius 1 is 1.00 bits per heavy atom. The van der Waals surface area contributed by atoms with Crippen molar-refractivity contribution in [2.24, 2.45) is 0 Å². The quantitative estimate of drug-likeness (QED) is 0.336. The van der Waals surface area contributed by atoms with Gasteiger partial charge in [-0.3, -0.25) is 14.2 Å². The lowest BCUT2D eigenvalue weighted by molar-refractivity contribution is 0.102. The molecule has 2 aromatic heterocycles. The summed E-state index contributed by atoms with van der Waals surface area (Å²) < 4.78 is 6.75. The molecule has 0 bridgehead atoms. The summed E-state index contributed by atoms with van der Waals surface area (Å²) in [5.41, 5.74) is 4.10. The third-order valence-corrected chi connectivity index (χ3v) is 7.12. The molecule has 5 rings (SSSR count). The first-order valence-corrected chi connectivity index (χ1v) is 11.9. The Hall–Kier alpha value is -4.23. The predicted octanol–water partition coefficient (Wildman–Crippen LogP) is 5.74. The Balaban J connectivity index is 1.35. The maximum Gasteiger partial charge on any atom is 0.262 e. The molecule has 174 valence electrons. The van der Waals surface area contributed by atoms with Crippen molar-refractivity contribution >= 4 is 33.1 Å². The number of hydrogen-bond acceptors (Lipinski definition) is 5. The number of carbonyl (C=O) groups is 1. The van der Waals surface area contributed by atoms with E-state index in [-0.39, 0.29) is 11.5 Å². The van der Waals surface area contributed by atoms with Crippen molar-refractivity contribution in [2.75, 3.05) is 12.4 Å². The molecular formula is C28H23N3O3S. The summed E-state index contributed by atoms with van der Waals surface area (Å²) in [7, 11) is 1.60. The SMILES string of the molecule is COc1ccc(NC(=O)c2ccc(Cn3cnc4sc(-c5ccccc5)c(C)c4c3=O)cc2)cc1. The van der Waals surface area contributed by atoms with Crippen molar-refractivity contribution < 1.29 is 9.53 Å². The molecule has 1 N–H and O–H groups in total. The minimum absolute atomic E-state index is 0.0627. The largest absolute Gasteiger partial charge is 0.497 e. The molecular weight excluding hydrogens is 458 g/mol. The van der Waals surface area contributed by atoms with Crippen LogP contribution >= 0.6 is 11.3 Å². The number of methoxy groups -OCH3 is 1. The van der Waals surface area contributed by atoms with Crippen molar-refractivity contribution in [3.63, 3.8) is 0 Å². The van der Waals surface area contributed by atoms with E-state index >= 15 is 0 Å². The number of benzene rings is 3. The molecule has 0 unspecified atom stereocenters. The highest BCUT2D eigenvalue weighted by Crippen LogP contribution is 2.35. The van der Waals surface area contributed by atoms with Crippen LogP contribution < -0.4 is 15.6 Å². The van der Waals surface area contributed by atoms with E-state index in [0.717, 1.165) is 32.1 Å². The lowest BCUT2D eigenvalue weighted by atomic mass is 10.1. The number of anilines is 1. The highest BCUT2D eigenvalue weighted by atomic mass is 32.1. The van der Waals surface area contributed by atoms with Crippen LogP contribution in [0.5, 0.6) is 5.75 Å². The Morgan fingerprint density at radius 3 is 2.40 bits per heavy atom. The van der Waals surface area contributed by atoms with Gasteiger partial charge in [-0.2, -0.15) is 0 Å². The Bertz CT molecular complexity index is 1550. The van der Waals surface area contributed by atoms with Crippen molar-refractivity contribution in [3.8, 4) is 16.2 Å². The first-order chi connectivity index (χ1) is 17.0. The number of aromatic nitrogens is 2. The summed E-state index contributed by atoms with van der Waals surface area (Å²) in [5.74, 6) is 0.522. The normalized spacial score (nSPS) is 10.9. The van der Waals surface area contributed by atoms with Crippen LogP contribution in [-0.4, -0.2) is 22.6 Å². The van der Waals surface area contributed by atoms with Crippen LogP contribution in [0, 0.1) is 6.92 Å². The molecule has 1 amide bonds. The van der Waals surface area contributed by atoms with Crippen LogP contribution in [0.2, 0.25) is 0 Å². The predicted molar refractivity (Wildman–Crippen MR) is 141 cm³/mol. The molecule has 35 heavy (non-hydrogen) atoms. The van der Waals surface area contributed by atoms with Crippen LogP contribution in [-0.2, 0) is 6.54 Å². The number of aryl methyl sites for hydroxylation is 1. The summed E-state index contributed by atoms with van der Waals surface area (Å²) in [6.45, 7) is 2.35. The van der Waals surface area contributed by atoms with Gasteiger partial charge in [0.1, 0.15) is 10.6 Å². The van der Waals surface area contributed by atoms with Crippen molar-refractivity contribution in [2.45, 2.75) is 13.5 Å². The number of hydrogen-bond donors (Lipinski definition) is 1. The lowest BCUT2D eigenvalue weighted by Crippen LogP contribution is -2.21. The van der Waals surface area contributed by atoms with E-state index in [1.54, 1.807) is 54.4 Å². The number of nitrogens with zero attached hydrogens (tertiary/aromatic N) is 2. The van der Waals surface area contributed by atoms with Gasteiger partial charge in [0.15, 0.2) is 0 Å². The molecule has 5 aromatic rings. The van der Waals surface area contributed by atoms with Gasteiger partial charge in [0.25, 0.3) is 11.5 Å². The van der Waals surface area contributed by atoms with Gasteiger partial charge in [-0.05, 0) is 60.0 Å². The summed E-state index contributed by atoms with van der Waals surface area (Å²) >= 11 is 1.54. The fraction of sp³-hybridized carbons (Fsp3) is 0.107. The van der Waals surface area contributed by atoms with Crippen LogP contribution in [0.15, 0.2) is 90.0 Å². The van der Waals surface area contributed by atoms with Crippen molar-refractivity contribution in [1.29, 1.82) is 0 Å². The molecule has 0 fully saturated rings. The number of amides is 1. The molecule has 2 heterocycles. The van der Waals surface area contributed by atoms with Gasteiger partial charge < -0.3 is 10.1 Å². The number of thiophene rings is 1. The van der Waals surface area contributed by atoms with Crippen molar-refractivity contribution in [3.05, 3.63) is 112 Å². The molecule has 0 aliphatic carbocycles. The standard InChI is InChI=1S/C28H23N3O3S/c1-18-24-27(35-25(18)20-6-4-3-5-7-20)29-17-31(28(24)33)16-19-8-10-21(11-9-19)26(32)30-22-12-14-23(34-2)15-13-22/h3-15,17H,16H2,1-2H3,(H,30,32). The van der Waals surface area contributed by atoms with Gasteiger partial charge in [-0.15, -0.1) is 11.3 Å². The summed E-state index contributed by atoms with van der Waals surface area (Å²) in [4.78, 5) is 32.2. The second kappa shape index (κ2) is 9.56. The van der Waals surface area contributed by atoms with Gasteiger partial charge in [-0.25, -0.2) is 4.98 Å². The number of ether oxygens (including phenoxy) is 1. The molecule has 0 radical (unpaired) electrons. The van der Waals surface area contributed by atoms with E-state index in [1.807, 2.05) is 49.4 Å². The van der Waals surface area contributed by atoms with Crippen LogP contribution in [0.3, 0.4) is 0 Å². The highest BCUT2D eigenvalue weighted by molar-refractivity contribution is 7.22. The maximum absolute atomic E-state index is 13.3. The molecule has 0 saturated heterocycles. The minimum atomic E-state index is -0.204. The first-order valence-electron chi connectivity index (χ1n) is 11.1. The fourth-order valence-corrected chi connectivity index (χ4v) is 5.12. The van der Waals surface area contributed by atoms with E-state index in [2.05, 4.69) is 10.3 Å². The van der Waals surface area contributed by atoms with Crippen molar-refractivity contribution in [1.82, 2.24) is 9.55 Å². The fourth-order valence-electron chi connectivity index (χ4n) is 3.97. The number of fused-ring (bicyclic) bond motifs is 1. The van der Waals surface area contributed by atoms with Gasteiger partial charge in [0, 0.05) is 16.1 Å². The molecule has 0 aliphatic heterocycles.